The zero-order valence-corrected chi connectivity index (χ0v) is 27.3. The van der Waals surface area contributed by atoms with Gasteiger partial charge in [-0.2, -0.15) is 0 Å². The first-order valence-electron chi connectivity index (χ1n) is 16.6. The molecule has 3 nitrogen and oxygen atoms in total. The van der Waals surface area contributed by atoms with Crippen LogP contribution >= 0.6 is 0 Å². The molecule has 0 atom stereocenters. The summed E-state index contributed by atoms with van der Waals surface area (Å²) in [5, 5.41) is 0. The van der Waals surface area contributed by atoms with Crippen molar-refractivity contribution in [2.45, 2.75) is 0 Å². The summed E-state index contributed by atoms with van der Waals surface area (Å²) in [6.45, 7) is 0. The Morgan fingerprint density at radius 2 is 0.700 bits per heavy atom. The molecular formula is C47H33O3+. The predicted octanol–water partition coefficient (Wildman–Crippen LogP) is 12.2. The van der Waals surface area contributed by atoms with Crippen molar-refractivity contribution in [2.75, 3.05) is 0 Å². The van der Waals surface area contributed by atoms with E-state index in [9.17, 15) is 0 Å². The minimum absolute atomic E-state index is 0.717. The molecule has 8 rings (SSSR count). The van der Waals surface area contributed by atoms with Crippen molar-refractivity contribution in [1.82, 2.24) is 0 Å². The van der Waals surface area contributed by atoms with Gasteiger partial charge in [-0.1, -0.05) is 140 Å². The lowest BCUT2D eigenvalue weighted by Crippen LogP contribution is -2.00. The smallest absolute Gasteiger partial charge is 0.361 e. The average Bonchev–Trinajstić information content (AvgIpc) is 3.19. The Kier molecular flexibility index (Phi) is 8.69. The molecule has 0 unspecified atom stereocenters. The van der Waals surface area contributed by atoms with Crippen LogP contribution in [0.2, 0.25) is 0 Å². The number of hydrogen-bond acceptors (Lipinski definition) is 2. The Morgan fingerprint density at radius 3 is 1.08 bits per heavy atom. The first kappa shape index (κ1) is 30.6. The normalized spacial score (nSPS) is 13.9. The second-order valence-corrected chi connectivity index (χ2v) is 12.0. The standard InChI is InChI=1S/C47H33O3/c1-6-16-37(17-7-1)43-29-34(26-35-30-44(38-18-8-2-9-19-38)49-45(31-35)39-20-10-3-11-21-39)27-42(48-43)28-36-32-46(40-22-12-4-13-23-40)50-47(33-36)41-24-14-5-15-25-41/h1-33H/q+1. The van der Waals surface area contributed by atoms with Crippen LogP contribution in [0, 0.1) is 0 Å². The van der Waals surface area contributed by atoms with Crippen molar-refractivity contribution in [1.29, 1.82) is 0 Å². The van der Waals surface area contributed by atoms with Gasteiger partial charge in [-0.3, -0.25) is 0 Å². The highest BCUT2D eigenvalue weighted by Crippen LogP contribution is 2.35. The molecule has 0 fully saturated rings. The molecule has 0 amide bonds. The third-order valence-electron chi connectivity index (χ3n) is 8.40. The summed E-state index contributed by atoms with van der Waals surface area (Å²) in [4.78, 5) is 0. The Hall–Kier alpha value is -6.71. The molecule has 3 heteroatoms. The number of rotatable bonds is 7. The summed E-state index contributed by atoms with van der Waals surface area (Å²) < 4.78 is 19.5. The van der Waals surface area contributed by atoms with Gasteiger partial charge in [0, 0.05) is 22.3 Å². The van der Waals surface area contributed by atoms with Crippen LogP contribution in [0.1, 0.15) is 33.6 Å². The van der Waals surface area contributed by atoms with Gasteiger partial charge in [-0.15, -0.1) is 0 Å². The molecule has 238 valence electrons. The second-order valence-electron chi connectivity index (χ2n) is 12.0. The SMILES string of the molecule is C(=C1C=C(c2ccccc2)OC(c2ccccc2)=C1)c1cc(C=C2C=C(c3ccccc3)OC(c3ccccc3)=C2)[o+]c(-c2ccccc2)c1. The van der Waals surface area contributed by atoms with Crippen molar-refractivity contribution in [3.05, 3.63) is 233 Å². The minimum Gasteiger partial charge on any atom is -0.456 e. The number of ether oxygens (including phenoxy) is 2. The quantitative estimate of drug-likeness (QED) is 0.162. The average molecular weight is 646 g/mol. The number of hydrogen-bond donors (Lipinski definition) is 0. The van der Waals surface area contributed by atoms with E-state index in [0.717, 1.165) is 73.3 Å². The van der Waals surface area contributed by atoms with Crippen LogP contribution < -0.4 is 0 Å². The van der Waals surface area contributed by atoms with Crippen molar-refractivity contribution in [3.63, 3.8) is 0 Å². The van der Waals surface area contributed by atoms with Crippen molar-refractivity contribution < 1.29 is 13.9 Å². The summed E-state index contributed by atoms with van der Waals surface area (Å²) in [6, 6.07) is 55.1. The van der Waals surface area contributed by atoms with Gasteiger partial charge in [0.05, 0.1) is 23.8 Å². The fraction of sp³-hybridized carbons (Fsp3) is 0. The lowest BCUT2D eigenvalue weighted by molar-refractivity contribution is 0.466. The molecular weight excluding hydrogens is 613 g/mol. The largest absolute Gasteiger partial charge is 0.456 e. The molecule has 0 saturated heterocycles. The molecule has 3 heterocycles. The zero-order chi connectivity index (χ0) is 33.5. The van der Waals surface area contributed by atoms with E-state index in [1.54, 1.807) is 0 Å². The maximum absolute atomic E-state index is 6.60. The first-order valence-corrected chi connectivity index (χ1v) is 16.6. The van der Waals surface area contributed by atoms with Gasteiger partial charge in [0.1, 0.15) is 23.0 Å². The molecule has 0 aliphatic carbocycles. The molecule has 5 aromatic carbocycles. The van der Waals surface area contributed by atoms with E-state index in [-0.39, 0.29) is 0 Å². The van der Waals surface area contributed by atoms with Crippen LogP contribution in [0.25, 0.3) is 46.5 Å². The fourth-order valence-electron chi connectivity index (χ4n) is 5.99. The van der Waals surface area contributed by atoms with E-state index >= 15 is 0 Å². The highest BCUT2D eigenvalue weighted by atomic mass is 16.5. The maximum Gasteiger partial charge on any atom is 0.361 e. The summed E-state index contributed by atoms with van der Waals surface area (Å²) in [6.07, 6.45) is 12.6. The highest BCUT2D eigenvalue weighted by molar-refractivity contribution is 5.83. The molecule has 6 aromatic rings. The molecule has 0 N–H and O–H groups in total. The van der Waals surface area contributed by atoms with Crippen LogP contribution in [0.5, 0.6) is 0 Å². The summed E-state index contributed by atoms with van der Waals surface area (Å²) in [7, 11) is 0. The van der Waals surface area contributed by atoms with Gasteiger partial charge < -0.3 is 9.47 Å². The van der Waals surface area contributed by atoms with E-state index in [1.165, 1.54) is 0 Å². The topological polar surface area (TPSA) is 29.8 Å². The van der Waals surface area contributed by atoms with Crippen LogP contribution in [0.15, 0.2) is 204 Å². The lowest BCUT2D eigenvalue weighted by Gasteiger charge is -2.19. The molecule has 0 radical (unpaired) electrons. The zero-order valence-electron chi connectivity index (χ0n) is 27.3. The Labute approximate surface area is 292 Å². The lowest BCUT2D eigenvalue weighted by atomic mass is 10.0. The van der Waals surface area contributed by atoms with E-state index in [1.807, 2.05) is 91.0 Å². The molecule has 2 aliphatic rings. The van der Waals surface area contributed by atoms with Crippen molar-refractivity contribution in [3.8, 4) is 11.3 Å². The van der Waals surface area contributed by atoms with Crippen LogP contribution in [-0.2, 0) is 9.47 Å². The minimum atomic E-state index is 0.717. The van der Waals surface area contributed by atoms with Crippen molar-refractivity contribution in [2.24, 2.45) is 0 Å². The van der Waals surface area contributed by atoms with Crippen LogP contribution in [-0.4, -0.2) is 0 Å². The van der Waals surface area contributed by atoms with Crippen LogP contribution in [0.3, 0.4) is 0 Å². The Morgan fingerprint density at radius 1 is 0.360 bits per heavy atom. The summed E-state index contributed by atoms with van der Waals surface area (Å²) in [5.41, 5.74) is 8.00. The second kappa shape index (κ2) is 14.2. The summed E-state index contributed by atoms with van der Waals surface area (Å²) in [5.74, 6) is 4.63. The van der Waals surface area contributed by atoms with Gasteiger partial charge in [0.15, 0.2) is 0 Å². The monoisotopic (exact) mass is 645 g/mol. The maximum atomic E-state index is 6.60. The summed E-state index contributed by atoms with van der Waals surface area (Å²) >= 11 is 0. The molecule has 1 aromatic heterocycles. The third kappa shape index (κ3) is 7.08. The molecule has 50 heavy (non-hydrogen) atoms. The Balaban J connectivity index is 1.26. The van der Waals surface area contributed by atoms with Gasteiger partial charge >= 0.3 is 11.5 Å². The van der Waals surface area contributed by atoms with E-state index < -0.39 is 0 Å². The first-order chi connectivity index (χ1) is 24.7. The molecule has 0 saturated carbocycles. The van der Waals surface area contributed by atoms with Crippen molar-refractivity contribution >= 4 is 35.2 Å². The van der Waals surface area contributed by atoms with Gasteiger partial charge in [0.25, 0.3) is 0 Å². The van der Waals surface area contributed by atoms with Crippen LogP contribution in [0.4, 0.5) is 0 Å². The molecule has 2 aliphatic heterocycles. The van der Waals surface area contributed by atoms with E-state index in [2.05, 4.69) is 109 Å². The number of benzene rings is 5. The highest BCUT2D eigenvalue weighted by Gasteiger charge is 2.21. The van der Waals surface area contributed by atoms with E-state index in [4.69, 9.17) is 13.9 Å². The Bertz CT molecular complexity index is 2050. The fourth-order valence-corrected chi connectivity index (χ4v) is 5.99. The predicted molar refractivity (Wildman–Crippen MR) is 204 cm³/mol. The molecule has 0 bridgehead atoms. The third-order valence-corrected chi connectivity index (χ3v) is 8.40. The van der Waals surface area contributed by atoms with Gasteiger partial charge in [-0.05, 0) is 59.2 Å². The van der Waals surface area contributed by atoms with Gasteiger partial charge in [-0.25, -0.2) is 4.42 Å². The molecule has 0 spiro atoms. The number of allylic oxidation sites excluding steroid dienone is 6. The van der Waals surface area contributed by atoms with Gasteiger partial charge in [0.2, 0.25) is 0 Å². The van der Waals surface area contributed by atoms with E-state index in [0.29, 0.717) is 5.76 Å².